The molecule has 0 saturated carbocycles. The maximum absolute atomic E-state index is 12.4. The number of rotatable bonds is 4. The Balaban J connectivity index is 1.89. The van der Waals surface area contributed by atoms with Crippen molar-refractivity contribution in [2.75, 3.05) is 0 Å². The lowest BCUT2D eigenvalue weighted by Gasteiger charge is -2.25. The van der Waals surface area contributed by atoms with Crippen molar-refractivity contribution in [3.8, 4) is 0 Å². The van der Waals surface area contributed by atoms with Crippen LogP contribution in [0.25, 0.3) is 0 Å². The van der Waals surface area contributed by atoms with Crippen LogP contribution in [0.2, 0.25) is 5.02 Å². The highest BCUT2D eigenvalue weighted by molar-refractivity contribution is 6.30. The molecule has 2 aromatic rings. The van der Waals surface area contributed by atoms with Gasteiger partial charge in [-0.05, 0) is 36.8 Å². The average Bonchev–Trinajstić information content (AvgIpc) is 2.78. The second-order valence-corrected chi connectivity index (χ2v) is 5.82. The fraction of sp³-hybridized carbons (Fsp3) is 0.176. The van der Waals surface area contributed by atoms with Gasteiger partial charge in [-0.15, -0.1) is 5.06 Å². The quantitative estimate of drug-likeness (QED) is 0.875. The number of imide groups is 1. The fourth-order valence-electron chi connectivity index (χ4n) is 2.49. The minimum absolute atomic E-state index is 0.331. The number of halogens is 1. The first-order chi connectivity index (χ1) is 11.0. The summed E-state index contributed by atoms with van der Waals surface area (Å²) >= 11 is 5.88. The van der Waals surface area contributed by atoms with Crippen molar-refractivity contribution in [1.29, 1.82) is 0 Å². The van der Waals surface area contributed by atoms with Crippen LogP contribution in [0.1, 0.15) is 39.3 Å². The molecular formula is C17H15ClN2O3. The lowest BCUT2D eigenvalue weighted by atomic mass is 10.0. The summed E-state index contributed by atoms with van der Waals surface area (Å²) in [6.45, 7) is 1.75. The Labute approximate surface area is 138 Å². The molecule has 0 aromatic heterocycles. The minimum atomic E-state index is -0.644. The largest absolute Gasteiger partial charge is 0.325 e. The molecule has 23 heavy (non-hydrogen) atoms. The molecule has 0 unspecified atom stereocenters. The van der Waals surface area contributed by atoms with E-state index in [2.05, 4.69) is 0 Å². The number of amides is 2. The molecule has 1 aliphatic heterocycles. The Morgan fingerprint density at radius 2 is 1.52 bits per heavy atom. The van der Waals surface area contributed by atoms with Crippen LogP contribution in [-0.2, 0) is 4.84 Å². The average molecular weight is 331 g/mol. The zero-order chi connectivity index (χ0) is 16.6. The predicted molar refractivity (Wildman–Crippen MR) is 85.9 cm³/mol. The van der Waals surface area contributed by atoms with Crippen molar-refractivity contribution in [3.63, 3.8) is 0 Å². The van der Waals surface area contributed by atoms with Gasteiger partial charge in [0, 0.05) is 11.1 Å². The standard InChI is InChI=1S/C17H15ClN2O3/c1-10(19)15(11-6-8-12(18)9-7-11)23-20-16(21)13-4-2-3-5-14(13)17(20)22/h2-10,15H,19H2,1H3/t10-,15-/m0/s1. The SMILES string of the molecule is C[C@H](N)[C@H](ON1C(=O)c2ccccc2C1=O)c1ccc(Cl)cc1. The minimum Gasteiger partial charge on any atom is -0.325 e. The van der Waals surface area contributed by atoms with Crippen molar-refractivity contribution >= 4 is 23.4 Å². The number of carbonyl (C=O) groups is 2. The number of hydroxylamine groups is 2. The second kappa shape index (κ2) is 6.12. The van der Waals surface area contributed by atoms with E-state index in [9.17, 15) is 9.59 Å². The molecule has 0 saturated heterocycles. The van der Waals surface area contributed by atoms with Crippen molar-refractivity contribution in [1.82, 2.24) is 5.06 Å². The second-order valence-electron chi connectivity index (χ2n) is 5.39. The van der Waals surface area contributed by atoms with E-state index < -0.39 is 24.0 Å². The van der Waals surface area contributed by atoms with Crippen molar-refractivity contribution in [2.45, 2.75) is 19.1 Å². The van der Waals surface area contributed by atoms with Gasteiger partial charge in [0.2, 0.25) is 0 Å². The number of hydrogen-bond acceptors (Lipinski definition) is 4. The Kier molecular flexibility index (Phi) is 4.17. The third-order valence-corrected chi connectivity index (χ3v) is 3.90. The highest BCUT2D eigenvalue weighted by Crippen LogP contribution is 2.29. The van der Waals surface area contributed by atoms with Gasteiger partial charge in [0.1, 0.15) is 6.10 Å². The van der Waals surface area contributed by atoms with E-state index in [4.69, 9.17) is 22.2 Å². The van der Waals surface area contributed by atoms with Crippen molar-refractivity contribution in [2.24, 2.45) is 5.73 Å². The van der Waals surface area contributed by atoms with Gasteiger partial charge in [-0.1, -0.05) is 35.9 Å². The summed E-state index contributed by atoms with van der Waals surface area (Å²) in [6, 6.07) is 13.1. The van der Waals surface area contributed by atoms with E-state index in [-0.39, 0.29) is 0 Å². The van der Waals surface area contributed by atoms with Crippen molar-refractivity contribution < 1.29 is 14.4 Å². The third-order valence-electron chi connectivity index (χ3n) is 3.65. The van der Waals surface area contributed by atoms with Gasteiger partial charge in [0.05, 0.1) is 11.1 Å². The van der Waals surface area contributed by atoms with E-state index in [1.54, 1.807) is 55.5 Å². The zero-order valence-corrected chi connectivity index (χ0v) is 13.2. The van der Waals surface area contributed by atoms with Crippen LogP contribution in [0.4, 0.5) is 0 Å². The third kappa shape index (κ3) is 2.86. The molecule has 0 radical (unpaired) electrons. The van der Waals surface area contributed by atoms with Crippen LogP contribution < -0.4 is 5.73 Å². The monoisotopic (exact) mass is 330 g/mol. The van der Waals surface area contributed by atoms with Gasteiger partial charge in [-0.3, -0.25) is 14.4 Å². The maximum atomic E-state index is 12.4. The lowest BCUT2D eigenvalue weighted by molar-refractivity contribution is -0.139. The molecule has 3 rings (SSSR count). The molecule has 2 amide bonds. The van der Waals surface area contributed by atoms with Gasteiger partial charge < -0.3 is 5.73 Å². The summed E-state index contributed by atoms with van der Waals surface area (Å²) in [6.07, 6.45) is -0.644. The number of benzene rings is 2. The number of fused-ring (bicyclic) bond motifs is 1. The van der Waals surface area contributed by atoms with Gasteiger partial charge >= 0.3 is 0 Å². The highest BCUT2D eigenvalue weighted by atomic mass is 35.5. The molecule has 0 aliphatic carbocycles. The summed E-state index contributed by atoms with van der Waals surface area (Å²) in [5, 5.41) is 1.37. The molecule has 1 heterocycles. The van der Waals surface area contributed by atoms with Crippen LogP contribution in [-0.4, -0.2) is 22.9 Å². The summed E-state index contributed by atoms with van der Waals surface area (Å²) in [5.41, 5.74) is 7.37. The highest BCUT2D eigenvalue weighted by Gasteiger charge is 2.38. The van der Waals surface area contributed by atoms with Gasteiger partial charge in [0.15, 0.2) is 0 Å². The first kappa shape index (κ1) is 15.7. The molecule has 6 heteroatoms. The van der Waals surface area contributed by atoms with Crippen LogP contribution >= 0.6 is 11.6 Å². The number of nitrogens with two attached hydrogens (primary N) is 1. The van der Waals surface area contributed by atoms with Gasteiger partial charge in [-0.25, -0.2) is 0 Å². The molecule has 2 N–H and O–H groups in total. The number of carbonyl (C=O) groups excluding carboxylic acids is 2. The first-order valence-electron chi connectivity index (χ1n) is 7.14. The molecule has 1 aliphatic rings. The smallest absolute Gasteiger partial charge is 0.285 e. The topological polar surface area (TPSA) is 72.6 Å². The van der Waals surface area contributed by atoms with Crippen LogP contribution in [0.15, 0.2) is 48.5 Å². The maximum Gasteiger partial charge on any atom is 0.285 e. The summed E-state index contributed by atoms with van der Waals surface area (Å²) in [7, 11) is 0. The fourth-order valence-corrected chi connectivity index (χ4v) is 2.62. The van der Waals surface area contributed by atoms with E-state index in [0.29, 0.717) is 16.1 Å². The number of nitrogens with zero attached hydrogens (tertiary/aromatic N) is 1. The lowest BCUT2D eigenvalue weighted by Crippen LogP contribution is -2.37. The summed E-state index contributed by atoms with van der Waals surface area (Å²) < 4.78 is 0. The molecule has 0 spiro atoms. The number of hydrogen-bond donors (Lipinski definition) is 1. The van der Waals surface area contributed by atoms with E-state index >= 15 is 0 Å². The molecular weight excluding hydrogens is 316 g/mol. The summed E-state index contributed by atoms with van der Waals surface area (Å²) in [4.78, 5) is 30.4. The van der Waals surface area contributed by atoms with Crippen molar-refractivity contribution in [3.05, 3.63) is 70.2 Å². The van der Waals surface area contributed by atoms with Gasteiger partial charge in [0.25, 0.3) is 11.8 Å². The molecule has 0 fully saturated rings. The Morgan fingerprint density at radius 1 is 1.00 bits per heavy atom. The molecule has 5 nitrogen and oxygen atoms in total. The molecule has 118 valence electrons. The van der Waals surface area contributed by atoms with E-state index in [0.717, 1.165) is 10.6 Å². The van der Waals surface area contributed by atoms with Gasteiger partial charge in [-0.2, -0.15) is 0 Å². The normalized spacial score (nSPS) is 16.4. The van der Waals surface area contributed by atoms with Crippen LogP contribution in [0, 0.1) is 0 Å². The summed E-state index contributed by atoms with van der Waals surface area (Å²) in [5.74, 6) is -0.963. The Morgan fingerprint density at radius 3 is 2.00 bits per heavy atom. The van der Waals surface area contributed by atoms with Crippen LogP contribution in [0.3, 0.4) is 0 Å². The predicted octanol–water partition coefficient (Wildman–Crippen LogP) is 2.96. The Bertz CT molecular complexity index is 724. The van der Waals surface area contributed by atoms with E-state index in [1.807, 2.05) is 0 Å². The Hall–Kier alpha value is -2.21. The van der Waals surface area contributed by atoms with E-state index in [1.165, 1.54) is 0 Å². The molecule has 2 atom stereocenters. The molecule has 0 bridgehead atoms. The first-order valence-corrected chi connectivity index (χ1v) is 7.52. The zero-order valence-electron chi connectivity index (χ0n) is 12.4. The molecule has 2 aromatic carbocycles. The van der Waals surface area contributed by atoms with Crippen LogP contribution in [0.5, 0.6) is 0 Å².